The molecule has 2 fully saturated rings. The van der Waals surface area contributed by atoms with E-state index in [2.05, 4.69) is 410 Å². The van der Waals surface area contributed by atoms with Gasteiger partial charge in [0.2, 0.25) is 11.9 Å². The molecule has 141 heavy (non-hydrogen) atoms. The largest absolute Gasteiger partial charge is 1.00 e. The third kappa shape index (κ3) is 38.5. The number of hydrogen-bond acceptors (Lipinski definition) is 19. The fraction of sp³-hybridized carbons (Fsp3) is 0.131. The van der Waals surface area contributed by atoms with Gasteiger partial charge in [0.25, 0.3) is 6.47 Å². The summed E-state index contributed by atoms with van der Waals surface area (Å²) in [7, 11) is -3.35. The van der Waals surface area contributed by atoms with Gasteiger partial charge in [-0.1, -0.05) is 446 Å². The summed E-state index contributed by atoms with van der Waals surface area (Å²) in [5.41, 5.74) is 11.7. The van der Waals surface area contributed by atoms with Crippen LogP contribution in [0.5, 0.6) is 0 Å². The van der Waals surface area contributed by atoms with Crippen LogP contribution >= 0.6 is 89.7 Å². The smallest absolute Gasteiger partial charge is 1.00 e. The molecule has 4 heterocycles. The Kier molecular flexibility index (Phi) is 52.3. The Morgan fingerprint density at radius 1 is 0.376 bits per heavy atom. The number of carbonyl (C=O) groups is 3. The van der Waals surface area contributed by atoms with E-state index in [0.717, 1.165) is 0 Å². The number of nitrogens with one attached hydrogen (secondary N) is 2. The second-order valence-corrected chi connectivity index (χ2v) is 43.1. The average Bonchev–Trinajstić information content (AvgIpc) is 0.789. The number of benzene rings is 14. The molecule has 2 aliphatic rings. The summed E-state index contributed by atoms with van der Waals surface area (Å²) in [5, 5.41) is 65.7. The number of aromatic nitrogens is 6. The number of nitrogens with zero attached hydrogens (tertiary/aromatic N) is 8. The molecule has 716 valence electrons. The van der Waals surface area contributed by atoms with E-state index in [-0.39, 0.29) is 224 Å². The van der Waals surface area contributed by atoms with E-state index in [0.29, 0.717) is 58.5 Å². The summed E-state index contributed by atoms with van der Waals surface area (Å²) < 4.78 is 10.6. The van der Waals surface area contributed by atoms with Gasteiger partial charge in [-0.2, -0.15) is 9.97 Å². The van der Waals surface area contributed by atoms with Gasteiger partial charge in [0, 0.05) is 57.6 Å². The van der Waals surface area contributed by atoms with Crippen molar-refractivity contribution in [1.82, 2.24) is 40.2 Å². The fourth-order valence-corrected chi connectivity index (χ4v) is 23.6. The quantitative estimate of drug-likeness (QED) is 0.0144. The molecular formula is C107H104BCl5Cs2N12O9P4Pd. The topological polar surface area (TPSA) is 302 Å². The van der Waals surface area contributed by atoms with E-state index in [9.17, 15) is 9.59 Å². The predicted octanol–water partition coefficient (Wildman–Crippen LogP) is 11.6. The number of halogens is 5. The van der Waals surface area contributed by atoms with Crippen molar-refractivity contribution in [3.63, 3.8) is 0 Å². The summed E-state index contributed by atoms with van der Waals surface area (Å²) in [6.07, 6.45) is -0.671. The van der Waals surface area contributed by atoms with Crippen molar-refractivity contribution in [3.8, 4) is 11.3 Å². The Labute approximate surface area is 987 Å². The molecule has 0 unspecified atom stereocenters. The number of nitrogens with two attached hydrogens (primary N) is 2. The zero-order chi connectivity index (χ0) is 98.2. The summed E-state index contributed by atoms with van der Waals surface area (Å²) in [4.78, 5) is 46.3. The normalized spacial score (nSPS) is 11.6. The number of hydrogen-bond donors (Lipinski definition) is 6. The zero-order valence-corrected chi connectivity index (χ0v) is 100. The standard InChI is InChI=1S/4C18H15P.C17H20Cl2N6O2.C11H17ClN6O2.C6H5BCl2O2.CH2O3.2Cs.Pd.H/c4*1-4-10-16(11-5-1)19(17-12-6-2-7-13-17)18-14-8-3-9-15-18;1-17(2,3)27-16(26)25-7-9(8-25)21-15-22-14(20)13(23-24-15)10-5-4-6-11(18)12(10)19;1-11(2,3)20-10(19)18-4-6(5-18)14-9-15-8(13)7(12)16-17-9;8-5-3-1-2-4(6(5)9)7(10)11;2-1-4-3;;;;/h4*1-15H;4-6,9H,7-8H2,1-3H3,(H3,20,21,22,24);6H,4-5H2,1-3H3,(H3,13,14,15,17);1-3,10-11H;1,3H;;;;/q;;;;;;;;2*+1;;-1/p-1. The maximum atomic E-state index is 11.9. The van der Waals surface area contributed by atoms with Crippen LogP contribution in [0.1, 0.15) is 43.0 Å². The molecule has 0 aliphatic carbocycles. The van der Waals surface area contributed by atoms with Crippen LogP contribution in [0.4, 0.5) is 33.1 Å². The van der Waals surface area contributed by atoms with Crippen molar-refractivity contribution in [2.75, 3.05) is 48.3 Å². The Balaban J connectivity index is 0.000000224. The van der Waals surface area contributed by atoms with Gasteiger partial charge in [-0.3, -0.25) is 4.79 Å². The van der Waals surface area contributed by atoms with Gasteiger partial charge < -0.3 is 63.0 Å². The van der Waals surface area contributed by atoms with Gasteiger partial charge in [0.1, 0.15) is 16.9 Å². The summed E-state index contributed by atoms with van der Waals surface area (Å²) in [6, 6.07) is 139. The zero-order valence-electron chi connectivity index (χ0n) is 79.7. The minimum absolute atomic E-state index is 0. The summed E-state index contributed by atoms with van der Waals surface area (Å²) in [5.74, 6) is 0.872. The average molecular weight is 2390 g/mol. The van der Waals surface area contributed by atoms with Crippen LogP contribution < -0.4 is 234 Å². The van der Waals surface area contributed by atoms with E-state index in [4.69, 9.17) is 99.0 Å². The molecule has 2 aromatic heterocycles. The van der Waals surface area contributed by atoms with Crippen molar-refractivity contribution in [3.05, 3.63) is 426 Å². The molecule has 0 radical (unpaired) electrons. The van der Waals surface area contributed by atoms with E-state index >= 15 is 0 Å². The van der Waals surface area contributed by atoms with Gasteiger partial charge in [-0.25, -0.2) is 9.59 Å². The van der Waals surface area contributed by atoms with Crippen LogP contribution in [0.25, 0.3) is 11.3 Å². The maximum absolute atomic E-state index is 11.9. The molecule has 8 N–H and O–H groups in total. The first-order valence-electron chi connectivity index (χ1n) is 43.7. The number of amides is 2. The first kappa shape index (κ1) is 118. The van der Waals surface area contributed by atoms with Gasteiger partial charge in [0.05, 0.1) is 32.2 Å². The minimum Gasteiger partial charge on any atom is -1.00 e. The SMILES string of the molecule is CC(C)(C)OC(=O)N1CC(Nc2nnc(-c3cccc(Cl)c3Cl)c(N)n2)C1.CC(C)(C)OC(=O)N1CC(Nc2nnc(Cl)c(N)n2)C1.O=CO[O-].OB(O)c1cccc(Cl)c1Cl.[Cs+].[Cs+].[H-].[Pd].c1ccc(P(c2ccccc2)c2ccccc2)cc1.c1ccc(P(c2ccccc2)c2ccccc2)cc1.c1ccc(P(c2ccccc2)c2ccccc2)cc1.c1ccc(P(c2ccccc2)c2ccccc2)cc1. The maximum Gasteiger partial charge on any atom is 1.00 e. The molecule has 34 heteroatoms. The molecule has 2 saturated heterocycles. The number of nitrogen functional groups attached to an aromatic ring is 2. The van der Waals surface area contributed by atoms with E-state index < -0.39 is 50.0 Å². The molecule has 2 amide bonds. The Morgan fingerprint density at radius 2 is 0.603 bits per heavy atom. The molecule has 0 saturated carbocycles. The van der Waals surface area contributed by atoms with Crippen LogP contribution in [0.15, 0.2) is 400 Å². The van der Waals surface area contributed by atoms with Crippen molar-refractivity contribution in [2.45, 2.75) is 64.8 Å². The molecule has 0 spiro atoms. The van der Waals surface area contributed by atoms with Crippen molar-refractivity contribution in [1.29, 1.82) is 0 Å². The number of anilines is 4. The van der Waals surface area contributed by atoms with Crippen molar-refractivity contribution >= 4 is 208 Å². The first-order valence-corrected chi connectivity index (χ1v) is 50.9. The fourth-order valence-electron chi connectivity index (χ4n) is 13.6. The molecule has 2 aliphatic heterocycles. The van der Waals surface area contributed by atoms with Crippen molar-refractivity contribution in [2.24, 2.45) is 0 Å². The van der Waals surface area contributed by atoms with Gasteiger partial charge in [-0.15, -0.1) is 20.4 Å². The molecule has 14 aromatic carbocycles. The van der Waals surface area contributed by atoms with Crippen LogP contribution in [0.2, 0.25) is 25.2 Å². The van der Waals surface area contributed by atoms with Gasteiger partial charge >= 0.3 is 157 Å². The monoisotopic (exact) mass is 2380 g/mol. The minimum atomic E-state index is -1.57. The van der Waals surface area contributed by atoms with Gasteiger partial charge in [-0.05, 0) is 149 Å². The van der Waals surface area contributed by atoms with E-state index in [1.165, 1.54) is 69.7 Å². The second kappa shape index (κ2) is 62.2. The number of ether oxygens (including phenoxy) is 2. The van der Waals surface area contributed by atoms with Crippen LogP contribution in [-0.4, -0.2) is 125 Å². The molecule has 0 bridgehead atoms. The van der Waals surface area contributed by atoms with Crippen molar-refractivity contribution < 1.29 is 204 Å². The Hall–Kier alpha value is -7.81. The predicted molar refractivity (Wildman–Crippen MR) is 575 cm³/mol. The molecule has 21 nitrogen and oxygen atoms in total. The molecule has 16 aromatic rings. The third-order valence-electron chi connectivity index (χ3n) is 19.8. The van der Waals surface area contributed by atoms with Crippen LogP contribution in [0, 0.1) is 0 Å². The Morgan fingerprint density at radius 3 is 0.816 bits per heavy atom. The number of rotatable bonds is 19. The number of likely N-dealkylation sites (tertiary alicyclic amines) is 2. The third-order valence-corrected chi connectivity index (χ3v) is 31.5. The van der Waals surface area contributed by atoms with Gasteiger partial charge in [0.15, 0.2) is 16.8 Å². The van der Waals surface area contributed by atoms with E-state index in [1.807, 2.05) is 41.5 Å². The Bertz CT molecular complexity index is 5550. The summed E-state index contributed by atoms with van der Waals surface area (Å²) >= 11 is 29.1. The number of carbonyl (C=O) groups excluding carboxylic acids is 3. The molecular weight excluding hydrogens is 2280 g/mol. The van der Waals surface area contributed by atoms with Crippen LogP contribution in [0.3, 0.4) is 0 Å². The van der Waals surface area contributed by atoms with E-state index in [1.54, 1.807) is 40.1 Å². The second-order valence-electron chi connectivity index (χ2n) is 32.3. The molecule has 18 rings (SSSR count). The summed E-state index contributed by atoms with van der Waals surface area (Å²) in [6.45, 7) is 12.8. The first-order chi connectivity index (χ1) is 66.7. The van der Waals surface area contributed by atoms with Crippen LogP contribution in [-0.2, 0) is 39.6 Å². The molecule has 0 atom stereocenters.